The van der Waals surface area contributed by atoms with Crippen molar-refractivity contribution in [1.29, 1.82) is 0 Å². The van der Waals surface area contributed by atoms with E-state index < -0.39 is 5.97 Å². The molecule has 2 heteroatoms. The van der Waals surface area contributed by atoms with Crippen LogP contribution in [0.15, 0.2) is 0 Å². The van der Waals surface area contributed by atoms with Gasteiger partial charge in [0.25, 0.3) is 0 Å². The highest BCUT2D eigenvalue weighted by molar-refractivity contribution is 5.67. The van der Waals surface area contributed by atoms with E-state index in [1.807, 2.05) is 0 Å². The van der Waals surface area contributed by atoms with Crippen molar-refractivity contribution in [2.45, 2.75) is 52.4 Å². The molecule has 0 heterocycles. The first-order chi connectivity index (χ1) is 6.08. The van der Waals surface area contributed by atoms with E-state index in [0.717, 1.165) is 25.2 Å². The van der Waals surface area contributed by atoms with Gasteiger partial charge in [-0.25, -0.2) is 0 Å². The Morgan fingerprint density at radius 2 is 2.00 bits per heavy atom. The van der Waals surface area contributed by atoms with Gasteiger partial charge < -0.3 is 5.11 Å². The summed E-state index contributed by atoms with van der Waals surface area (Å²) in [5.74, 6) is 0.171. The molecule has 0 aromatic heterocycles. The molecule has 0 radical (unpaired) electrons. The van der Waals surface area contributed by atoms with Gasteiger partial charge in [0.15, 0.2) is 0 Å². The third kappa shape index (κ3) is 2.71. The number of carbonyl (C=O) groups is 1. The lowest BCUT2D eigenvalue weighted by atomic mass is 9.67. The molecule has 0 aromatic rings. The Balaban J connectivity index is 2.55. The zero-order valence-electron chi connectivity index (χ0n) is 8.68. The second-order valence-corrected chi connectivity index (χ2v) is 4.61. The van der Waals surface area contributed by atoms with Crippen molar-refractivity contribution >= 4 is 5.97 Å². The molecular weight excluding hydrogens is 164 g/mol. The molecule has 1 aliphatic rings. The van der Waals surface area contributed by atoms with Crippen molar-refractivity contribution in [1.82, 2.24) is 0 Å². The highest BCUT2D eigenvalue weighted by Gasteiger charge is 2.34. The maximum atomic E-state index is 10.7. The fourth-order valence-electron chi connectivity index (χ4n) is 2.35. The SMILES string of the molecule is CCC1(CC(=O)O)CCC(C)CC1. The second-order valence-electron chi connectivity index (χ2n) is 4.61. The monoisotopic (exact) mass is 184 g/mol. The summed E-state index contributed by atoms with van der Waals surface area (Å²) < 4.78 is 0. The summed E-state index contributed by atoms with van der Waals surface area (Å²) in [6, 6.07) is 0. The average Bonchev–Trinajstić information content (AvgIpc) is 2.09. The van der Waals surface area contributed by atoms with Crippen molar-refractivity contribution in [3.8, 4) is 0 Å². The van der Waals surface area contributed by atoms with Gasteiger partial charge in [-0.15, -0.1) is 0 Å². The van der Waals surface area contributed by atoms with E-state index >= 15 is 0 Å². The van der Waals surface area contributed by atoms with Crippen LogP contribution in [0.4, 0.5) is 0 Å². The zero-order valence-corrected chi connectivity index (χ0v) is 8.68. The topological polar surface area (TPSA) is 37.3 Å². The van der Waals surface area contributed by atoms with Crippen molar-refractivity contribution in [2.75, 3.05) is 0 Å². The quantitative estimate of drug-likeness (QED) is 0.732. The van der Waals surface area contributed by atoms with Crippen molar-refractivity contribution in [3.05, 3.63) is 0 Å². The Morgan fingerprint density at radius 3 is 2.38 bits per heavy atom. The normalized spacial score (nSPS) is 34.5. The summed E-state index contributed by atoms with van der Waals surface area (Å²) in [5.41, 5.74) is 0.123. The van der Waals surface area contributed by atoms with Crippen molar-refractivity contribution in [3.63, 3.8) is 0 Å². The van der Waals surface area contributed by atoms with Crippen LogP contribution in [-0.4, -0.2) is 11.1 Å². The lowest BCUT2D eigenvalue weighted by molar-refractivity contribution is -0.140. The van der Waals surface area contributed by atoms with Gasteiger partial charge in [0.2, 0.25) is 0 Å². The summed E-state index contributed by atoms with van der Waals surface area (Å²) in [4.78, 5) is 10.7. The lowest BCUT2D eigenvalue weighted by Crippen LogP contribution is -2.28. The van der Waals surface area contributed by atoms with Gasteiger partial charge in [-0.1, -0.05) is 26.7 Å². The molecule has 0 amide bonds. The van der Waals surface area contributed by atoms with E-state index in [9.17, 15) is 4.79 Å². The third-order valence-corrected chi connectivity index (χ3v) is 3.61. The predicted molar refractivity (Wildman–Crippen MR) is 52.6 cm³/mol. The minimum atomic E-state index is -0.628. The first kappa shape index (κ1) is 10.6. The fraction of sp³-hybridized carbons (Fsp3) is 0.909. The Morgan fingerprint density at radius 1 is 1.46 bits per heavy atom. The van der Waals surface area contributed by atoms with E-state index in [1.54, 1.807) is 0 Å². The minimum Gasteiger partial charge on any atom is -0.481 e. The average molecular weight is 184 g/mol. The third-order valence-electron chi connectivity index (χ3n) is 3.61. The van der Waals surface area contributed by atoms with E-state index in [-0.39, 0.29) is 5.41 Å². The summed E-state index contributed by atoms with van der Waals surface area (Å²) in [7, 11) is 0. The maximum absolute atomic E-state index is 10.7. The maximum Gasteiger partial charge on any atom is 0.303 e. The Hall–Kier alpha value is -0.530. The molecule has 1 saturated carbocycles. The second kappa shape index (κ2) is 4.12. The van der Waals surface area contributed by atoms with E-state index in [0.29, 0.717) is 6.42 Å². The van der Waals surface area contributed by atoms with Crippen LogP contribution in [0.3, 0.4) is 0 Å². The lowest BCUT2D eigenvalue weighted by Gasteiger charge is -2.37. The molecule has 1 aliphatic carbocycles. The highest BCUT2D eigenvalue weighted by Crippen LogP contribution is 2.43. The molecule has 1 fully saturated rings. The first-order valence-corrected chi connectivity index (χ1v) is 5.30. The molecule has 0 saturated heterocycles. The van der Waals surface area contributed by atoms with Gasteiger partial charge in [-0.2, -0.15) is 0 Å². The van der Waals surface area contributed by atoms with Crippen LogP contribution in [-0.2, 0) is 4.79 Å². The van der Waals surface area contributed by atoms with Crippen LogP contribution in [0.1, 0.15) is 52.4 Å². The van der Waals surface area contributed by atoms with Crippen LogP contribution in [0, 0.1) is 11.3 Å². The molecule has 1 rings (SSSR count). The summed E-state index contributed by atoms with van der Waals surface area (Å²) in [6.07, 6.45) is 6.03. The van der Waals surface area contributed by atoms with Crippen LogP contribution < -0.4 is 0 Å². The molecule has 0 spiro atoms. The van der Waals surface area contributed by atoms with Crippen molar-refractivity contribution < 1.29 is 9.90 Å². The number of aliphatic carboxylic acids is 1. The Bertz CT molecular complexity index is 179. The largest absolute Gasteiger partial charge is 0.481 e. The smallest absolute Gasteiger partial charge is 0.303 e. The Labute approximate surface area is 80.3 Å². The van der Waals surface area contributed by atoms with Gasteiger partial charge in [0.05, 0.1) is 6.42 Å². The van der Waals surface area contributed by atoms with Gasteiger partial charge >= 0.3 is 5.97 Å². The van der Waals surface area contributed by atoms with Gasteiger partial charge in [-0.3, -0.25) is 4.79 Å². The van der Waals surface area contributed by atoms with Crippen LogP contribution >= 0.6 is 0 Å². The molecule has 0 aliphatic heterocycles. The summed E-state index contributed by atoms with van der Waals surface area (Å²) in [5, 5.41) is 8.83. The molecule has 1 N–H and O–H groups in total. The van der Waals surface area contributed by atoms with Crippen LogP contribution in [0.2, 0.25) is 0 Å². The molecular formula is C11H20O2. The van der Waals surface area contributed by atoms with E-state index in [4.69, 9.17) is 5.11 Å². The number of hydrogen-bond acceptors (Lipinski definition) is 1. The van der Waals surface area contributed by atoms with Gasteiger partial charge in [0.1, 0.15) is 0 Å². The molecule has 0 atom stereocenters. The molecule has 13 heavy (non-hydrogen) atoms. The molecule has 2 nitrogen and oxygen atoms in total. The summed E-state index contributed by atoms with van der Waals surface area (Å²) in [6.45, 7) is 4.39. The van der Waals surface area contributed by atoms with E-state index in [1.165, 1.54) is 12.8 Å². The molecule has 0 aromatic carbocycles. The first-order valence-electron chi connectivity index (χ1n) is 5.30. The van der Waals surface area contributed by atoms with Gasteiger partial charge in [0, 0.05) is 0 Å². The van der Waals surface area contributed by atoms with E-state index in [2.05, 4.69) is 13.8 Å². The van der Waals surface area contributed by atoms with Crippen molar-refractivity contribution in [2.24, 2.45) is 11.3 Å². The predicted octanol–water partition coefficient (Wildman–Crippen LogP) is 3.07. The van der Waals surface area contributed by atoms with Crippen LogP contribution in [0.5, 0.6) is 0 Å². The van der Waals surface area contributed by atoms with Crippen LogP contribution in [0.25, 0.3) is 0 Å². The number of rotatable bonds is 3. The molecule has 0 bridgehead atoms. The number of carboxylic acids is 1. The number of hydrogen-bond donors (Lipinski definition) is 1. The molecule has 0 unspecified atom stereocenters. The summed E-state index contributed by atoms with van der Waals surface area (Å²) >= 11 is 0. The minimum absolute atomic E-state index is 0.123. The standard InChI is InChI=1S/C11H20O2/c1-3-11(8-10(12)13)6-4-9(2)5-7-11/h9H,3-8H2,1-2H3,(H,12,13). The Kier molecular flexibility index (Phi) is 3.34. The van der Waals surface area contributed by atoms with Gasteiger partial charge in [-0.05, 0) is 30.6 Å². The number of carboxylic acid groups (broad SMARTS) is 1. The zero-order chi connectivity index (χ0) is 9.90. The highest BCUT2D eigenvalue weighted by atomic mass is 16.4. The fourth-order valence-corrected chi connectivity index (χ4v) is 2.35. The molecule has 76 valence electrons.